The third-order valence-corrected chi connectivity index (χ3v) is 2.88. The van der Waals surface area contributed by atoms with Crippen LogP contribution in [0.2, 0.25) is 0 Å². The molecule has 0 aliphatic carbocycles. The second-order valence-corrected chi connectivity index (χ2v) is 6.02. The maximum absolute atomic E-state index is 2.31. The van der Waals surface area contributed by atoms with Crippen molar-refractivity contribution in [3.8, 4) is 0 Å². The van der Waals surface area contributed by atoms with E-state index in [2.05, 4.69) is 88.9 Å². The zero-order chi connectivity index (χ0) is 18.4. The fraction of sp³-hybridized carbons (Fsp3) is 0.615. The van der Waals surface area contributed by atoms with Gasteiger partial charge in [0.15, 0.2) is 5.52 Å². The first-order valence-electron chi connectivity index (χ1n) is 9.41. The third-order valence-electron chi connectivity index (χ3n) is 2.88. The van der Waals surface area contributed by atoms with Gasteiger partial charge in [-0.3, -0.25) is 0 Å². The molecule has 0 unspecified atom stereocenters. The smallest absolute Gasteiger partial charge is 0.358 e. The molecule has 0 atom stereocenters. The molecule has 0 saturated carbocycles. The Morgan fingerprint density at radius 2 is 1.19 bits per heavy atom. The molecule has 2 aromatic rings. The van der Waals surface area contributed by atoms with E-state index >= 15 is 0 Å². The van der Waals surface area contributed by atoms with Crippen molar-refractivity contribution in [1.82, 2.24) is 4.57 Å². The molecule has 180 valence electrons. The van der Waals surface area contributed by atoms with Gasteiger partial charge in [0.25, 0.3) is 5.82 Å². The number of pyridine rings is 1. The molecule has 2 aromatic heterocycles. The van der Waals surface area contributed by atoms with Crippen LogP contribution >= 0.6 is 0 Å². The Hall–Kier alpha value is 2.00. The molecule has 2 heterocycles. The van der Waals surface area contributed by atoms with Gasteiger partial charge in [-0.2, -0.15) is 4.40 Å². The molecule has 0 aliphatic heterocycles. The number of hydrogen-bond donors (Lipinski definition) is 0. The van der Waals surface area contributed by atoms with Crippen molar-refractivity contribution in [3.05, 3.63) is 58.2 Å². The van der Waals surface area contributed by atoms with E-state index in [1.54, 1.807) is 0 Å². The molecule has 31 heavy (non-hydrogen) atoms. The predicted molar refractivity (Wildman–Crippen MR) is 138 cm³/mol. The van der Waals surface area contributed by atoms with Gasteiger partial charge in [0, 0.05) is 78.3 Å². The average molecular weight is 665 g/mol. The second kappa shape index (κ2) is 42.2. The van der Waals surface area contributed by atoms with Gasteiger partial charge in [-0.1, -0.05) is 89.7 Å². The summed E-state index contributed by atoms with van der Waals surface area (Å²) < 4.78 is 4.61. The van der Waals surface area contributed by atoms with Crippen LogP contribution in [0.4, 0.5) is 0 Å². The molecule has 0 amide bonds. The summed E-state index contributed by atoms with van der Waals surface area (Å²) in [5, 5.41) is 0. The standard InChI is InChI=1S/C12H17N2.C4H10.C3H8.C2H6.2CH4.3CH3.3Y/c1-4-10-11-8-6-7-9-14(11)12(5-2)13(10)3;1-4(2)3;1-3-2;1-2;;;;;;;;/h6-9H,4-5H2,1-3H3;4H,1-3H3;3H2,1-2H3;1-2H3;2*1H4;3*1H3;;;/q+1;;;;;;3*-1;;;+3. The molecule has 0 saturated heterocycles. The van der Waals surface area contributed by atoms with Crippen LogP contribution in [0.5, 0.6) is 0 Å². The van der Waals surface area contributed by atoms with Crippen molar-refractivity contribution in [2.75, 3.05) is 0 Å². The molecule has 0 N–H and O–H groups in total. The molecule has 5 heteroatoms. The Kier molecular flexibility index (Phi) is 86.9. The van der Waals surface area contributed by atoms with Gasteiger partial charge in [-0.25, -0.2) is 4.57 Å². The van der Waals surface area contributed by atoms with E-state index in [0.29, 0.717) is 0 Å². The molecule has 0 spiro atoms. The summed E-state index contributed by atoms with van der Waals surface area (Å²) >= 11 is 0. The first-order chi connectivity index (χ1) is 10.9. The van der Waals surface area contributed by atoms with Gasteiger partial charge >= 0.3 is 32.7 Å². The Bertz CT molecular complexity index is 481. The number of nitrogens with zero attached hydrogens (tertiary/aromatic N) is 2. The van der Waals surface area contributed by atoms with E-state index in [1.165, 1.54) is 23.5 Å². The zero-order valence-electron chi connectivity index (χ0n) is 22.1. The summed E-state index contributed by atoms with van der Waals surface area (Å²) in [5.41, 5.74) is 2.76. The predicted octanol–water partition coefficient (Wildman–Crippen LogP) is 8.61. The molecule has 0 aromatic carbocycles. The summed E-state index contributed by atoms with van der Waals surface area (Å²) in [7, 11) is 2.16. The molecule has 2 radical (unpaired) electrons. The third kappa shape index (κ3) is 26.4. The Labute approximate surface area is 276 Å². The van der Waals surface area contributed by atoms with Gasteiger partial charge in [0.2, 0.25) is 0 Å². The van der Waals surface area contributed by atoms with Gasteiger partial charge in [-0.15, -0.1) is 0 Å². The topological polar surface area (TPSA) is 9.03 Å². The van der Waals surface area contributed by atoms with Gasteiger partial charge in [-0.05, 0) is 18.1 Å². The van der Waals surface area contributed by atoms with Gasteiger partial charge < -0.3 is 22.3 Å². The van der Waals surface area contributed by atoms with Crippen LogP contribution in [0.25, 0.3) is 5.52 Å². The molecule has 0 fully saturated rings. The van der Waals surface area contributed by atoms with Crippen LogP contribution in [0, 0.1) is 28.2 Å². The quantitative estimate of drug-likeness (QED) is 0.225. The van der Waals surface area contributed by atoms with E-state index in [0.717, 1.165) is 18.8 Å². The van der Waals surface area contributed by atoms with E-state index in [1.807, 2.05) is 13.8 Å². The maximum Gasteiger partial charge on any atom is 3.00 e. The van der Waals surface area contributed by atoms with Crippen LogP contribution in [0.15, 0.2) is 24.4 Å². The number of fused-ring (bicyclic) bond motifs is 1. The van der Waals surface area contributed by atoms with Crippen LogP contribution in [-0.4, -0.2) is 4.57 Å². The van der Waals surface area contributed by atoms with Crippen LogP contribution in [0.1, 0.15) is 95.1 Å². The van der Waals surface area contributed by atoms with Crippen molar-refractivity contribution in [2.45, 2.75) is 96.4 Å². The number of aromatic nitrogens is 2. The summed E-state index contributed by atoms with van der Waals surface area (Å²) in [5.74, 6) is 2.21. The first-order valence-corrected chi connectivity index (χ1v) is 9.41. The maximum atomic E-state index is 2.31. The van der Waals surface area contributed by atoms with E-state index in [4.69, 9.17) is 0 Å². The van der Waals surface area contributed by atoms with Crippen molar-refractivity contribution in [2.24, 2.45) is 13.0 Å². The fourth-order valence-corrected chi connectivity index (χ4v) is 2.22. The van der Waals surface area contributed by atoms with Crippen molar-refractivity contribution in [1.29, 1.82) is 0 Å². The first kappa shape index (κ1) is 63.9. The Morgan fingerprint density at radius 1 is 0.839 bits per heavy atom. The van der Waals surface area contributed by atoms with Crippen LogP contribution in [0.3, 0.4) is 0 Å². The van der Waals surface area contributed by atoms with Gasteiger partial charge in [0.05, 0.1) is 13.2 Å². The Balaban J connectivity index is -0.0000000289. The van der Waals surface area contributed by atoms with Gasteiger partial charge in [0.1, 0.15) is 5.69 Å². The number of hydrogen-bond acceptors (Lipinski definition) is 0. The molecular weight excluding hydrogens is 607 g/mol. The minimum atomic E-state index is 0. The summed E-state index contributed by atoms with van der Waals surface area (Å²) in [6.07, 6.45) is 5.55. The fourth-order valence-electron chi connectivity index (χ4n) is 2.22. The molecule has 2 nitrogen and oxygen atoms in total. The normalized spacial score (nSPS) is 6.94. The number of imidazole rings is 1. The largest absolute Gasteiger partial charge is 3.00 e. The molecule has 0 bridgehead atoms. The summed E-state index contributed by atoms with van der Waals surface area (Å²) in [6, 6.07) is 6.39. The Morgan fingerprint density at radius 3 is 1.48 bits per heavy atom. The van der Waals surface area contributed by atoms with E-state index < -0.39 is 0 Å². The zero-order valence-corrected chi connectivity index (χ0v) is 30.6. The van der Waals surface area contributed by atoms with E-state index in [9.17, 15) is 0 Å². The minimum Gasteiger partial charge on any atom is -0.358 e. The number of aryl methyl sites for hydroxylation is 2. The minimum absolute atomic E-state index is 0. The van der Waals surface area contributed by atoms with Crippen molar-refractivity contribution >= 4 is 5.52 Å². The molecule has 2 rings (SSSR count). The summed E-state index contributed by atoms with van der Waals surface area (Å²) in [6.45, 7) is 19.2. The van der Waals surface area contributed by atoms with E-state index in [-0.39, 0.29) is 135 Å². The second-order valence-electron chi connectivity index (χ2n) is 6.02. The SMILES string of the molecule is C.C.CC.CC(C)C.CCC.CCc1c2cccc[n+]2c(CC)n1C.[CH3-].[CH3-].[CH3-].[Y+3].[Y].[Y]. The molecular formula is C26H58N2Y3+. The van der Waals surface area contributed by atoms with Crippen molar-refractivity contribution in [3.63, 3.8) is 0 Å². The average Bonchev–Trinajstić information content (AvgIpc) is 2.80. The monoisotopic (exact) mass is 665 g/mol. The van der Waals surface area contributed by atoms with Crippen LogP contribution in [-0.2, 0) is 118 Å². The van der Waals surface area contributed by atoms with Crippen molar-refractivity contribution < 1.29 is 103 Å². The summed E-state index contributed by atoms with van der Waals surface area (Å²) in [4.78, 5) is 0. The molecule has 0 aliphatic rings. The number of rotatable bonds is 2. The van der Waals surface area contributed by atoms with Crippen LogP contribution < -0.4 is 4.40 Å².